The van der Waals surface area contributed by atoms with E-state index in [0.29, 0.717) is 13.2 Å². The number of carbonyl (C=O) groups excluding carboxylic acids is 2. The first-order valence-electron chi connectivity index (χ1n) is 8.78. The standard InChI is InChI=1S/C21H24N2O4/c1-3-27-19-9-6-17(7-10-19)8-11-20(24)23(14-12-21(25)26-2)16-18-5-4-13-22-15-18/h4-11,13,15H,3,12,14,16H2,1-2H3/b11-8+. The quantitative estimate of drug-likeness (QED) is 0.503. The second kappa shape index (κ2) is 10.8. The van der Waals surface area contributed by atoms with Crippen LogP contribution in [-0.2, 0) is 20.9 Å². The summed E-state index contributed by atoms with van der Waals surface area (Å²) in [5.41, 5.74) is 1.78. The van der Waals surface area contributed by atoms with Gasteiger partial charge in [0.2, 0.25) is 5.91 Å². The summed E-state index contributed by atoms with van der Waals surface area (Å²) in [6.07, 6.45) is 6.76. The van der Waals surface area contributed by atoms with E-state index in [1.165, 1.54) is 13.2 Å². The lowest BCUT2D eigenvalue weighted by molar-refractivity contribution is -0.141. The van der Waals surface area contributed by atoms with Crippen LogP contribution in [0.25, 0.3) is 6.08 Å². The molecular formula is C21H24N2O4. The van der Waals surface area contributed by atoms with Crippen LogP contribution in [0, 0.1) is 0 Å². The van der Waals surface area contributed by atoms with Gasteiger partial charge in [-0.3, -0.25) is 14.6 Å². The zero-order chi connectivity index (χ0) is 19.5. The Morgan fingerprint density at radius 3 is 2.59 bits per heavy atom. The van der Waals surface area contributed by atoms with Crippen molar-refractivity contribution in [1.82, 2.24) is 9.88 Å². The lowest BCUT2D eigenvalue weighted by Gasteiger charge is -2.20. The molecule has 2 aromatic rings. The van der Waals surface area contributed by atoms with Crippen molar-refractivity contribution in [2.75, 3.05) is 20.3 Å². The average Bonchev–Trinajstić information content (AvgIpc) is 2.71. The van der Waals surface area contributed by atoms with Crippen molar-refractivity contribution < 1.29 is 19.1 Å². The van der Waals surface area contributed by atoms with E-state index in [1.807, 2.05) is 43.3 Å². The second-order valence-electron chi connectivity index (χ2n) is 5.78. The molecule has 0 aliphatic carbocycles. The number of hydrogen-bond donors (Lipinski definition) is 0. The van der Waals surface area contributed by atoms with Crippen molar-refractivity contribution in [3.8, 4) is 5.75 Å². The molecule has 0 N–H and O–H groups in total. The van der Waals surface area contributed by atoms with Crippen LogP contribution in [0.3, 0.4) is 0 Å². The third-order valence-electron chi connectivity index (χ3n) is 3.83. The SMILES string of the molecule is CCOc1ccc(/C=C/C(=O)N(CCC(=O)OC)Cc2cccnc2)cc1. The zero-order valence-electron chi connectivity index (χ0n) is 15.6. The number of esters is 1. The van der Waals surface area contributed by atoms with Crippen LogP contribution in [0.4, 0.5) is 0 Å². The predicted octanol–water partition coefficient (Wildman–Crippen LogP) is 3.09. The molecule has 6 nitrogen and oxygen atoms in total. The van der Waals surface area contributed by atoms with Crippen LogP contribution in [-0.4, -0.2) is 42.0 Å². The van der Waals surface area contributed by atoms with Crippen LogP contribution < -0.4 is 4.74 Å². The maximum Gasteiger partial charge on any atom is 0.307 e. The minimum Gasteiger partial charge on any atom is -0.494 e. The zero-order valence-corrected chi connectivity index (χ0v) is 15.6. The number of rotatable bonds is 9. The number of carbonyl (C=O) groups is 2. The molecule has 0 radical (unpaired) electrons. The van der Waals surface area contributed by atoms with Gasteiger partial charge in [-0.25, -0.2) is 0 Å². The largest absolute Gasteiger partial charge is 0.494 e. The van der Waals surface area contributed by atoms with Crippen molar-refractivity contribution in [1.29, 1.82) is 0 Å². The first kappa shape index (κ1) is 20.2. The summed E-state index contributed by atoms with van der Waals surface area (Å²) in [5, 5.41) is 0. The number of benzene rings is 1. The molecule has 0 saturated carbocycles. The fourth-order valence-corrected chi connectivity index (χ4v) is 2.42. The lowest BCUT2D eigenvalue weighted by Crippen LogP contribution is -2.31. The van der Waals surface area contributed by atoms with Gasteiger partial charge in [-0.15, -0.1) is 0 Å². The molecule has 1 amide bonds. The van der Waals surface area contributed by atoms with Crippen LogP contribution in [0.15, 0.2) is 54.9 Å². The van der Waals surface area contributed by atoms with Crippen LogP contribution in [0.5, 0.6) is 5.75 Å². The van der Waals surface area contributed by atoms with Crippen molar-refractivity contribution in [3.63, 3.8) is 0 Å². The van der Waals surface area contributed by atoms with E-state index < -0.39 is 0 Å². The molecule has 1 aromatic heterocycles. The van der Waals surface area contributed by atoms with Gasteiger partial charge in [0.05, 0.1) is 20.1 Å². The Morgan fingerprint density at radius 2 is 1.96 bits per heavy atom. The van der Waals surface area contributed by atoms with Gasteiger partial charge in [-0.05, 0) is 42.3 Å². The summed E-state index contributed by atoms with van der Waals surface area (Å²) in [7, 11) is 1.33. The van der Waals surface area contributed by atoms with Crippen molar-refractivity contribution in [2.24, 2.45) is 0 Å². The Balaban J connectivity index is 2.05. The summed E-state index contributed by atoms with van der Waals surface area (Å²) in [4.78, 5) is 29.7. The highest BCUT2D eigenvalue weighted by molar-refractivity contribution is 5.92. The molecule has 0 aliphatic rings. The van der Waals surface area contributed by atoms with Gasteiger partial charge < -0.3 is 14.4 Å². The Kier molecular flexibility index (Phi) is 8.03. The van der Waals surface area contributed by atoms with Gasteiger partial charge in [0.1, 0.15) is 5.75 Å². The van der Waals surface area contributed by atoms with Crippen LogP contribution in [0.2, 0.25) is 0 Å². The number of aromatic nitrogens is 1. The van der Waals surface area contributed by atoms with Gasteiger partial charge in [0.25, 0.3) is 0 Å². The third-order valence-corrected chi connectivity index (χ3v) is 3.83. The number of nitrogens with zero attached hydrogens (tertiary/aromatic N) is 2. The molecule has 1 heterocycles. The Labute approximate surface area is 159 Å². The minimum absolute atomic E-state index is 0.138. The van der Waals surface area contributed by atoms with E-state index in [-0.39, 0.29) is 24.8 Å². The second-order valence-corrected chi connectivity index (χ2v) is 5.78. The van der Waals surface area contributed by atoms with Gasteiger partial charge in [-0.2, -0.15) is 0 Å². The van der Waals surface area contributed by atoms with E-state index in [4.69, 9.17) is 4.74 Å². The molecule has 0 saturated heterocycles. The number of ether oxygens (including phenoxy) is 2. The maximum atomic E-state index is 12.6. The topological polar surface area (TPSA) is 68.7 Å². The van der Waals surface area contributed by atoms with E-state index in [2.05, 4.69) is 9.72 Å². The van der Waals surface area contributed by atoms with E-state index in [1.54, 1.807) is 23.4 Å². The molecule has 142 valence electrons. The highest BCUT2D eigenvalue weighted by Crippen LogP contribution is 2.13. The Bertz CT molecular complexity index is 758. The molecule has 0 fully saturated rings. The summed E-state index contributed by atoms with van der Waals surface area (Å²) < 4.78 is 10.1. The van der Waals surface area contributed by atoms with Gasteiger partial charge >= 0.3 is 5.97 Å². The fraction of sp³-hybridized carbons (Fsp3) is 0.286. The van der Waals surface area contributed by atoms with Crippen LogP contribution >= 0.6 is 0 Å². The first-order chi connectivity index (χ1) is 13.1. The summed E-state index contributed by atoms with van der Waals surface area (Å²) >= 11 is 0. The summed E-state index contributed by atoms with van der Waals surface area (Å²) in [6, 6.07) is 11.2. The first-order valence-corrected chi connectivity index (χ1v) is 8.78. The monoisotopic (exact) mass is 368 g/mol. The smallest absolute Gasteiger partial charge is 0.307 e. The molecular weight excluding hydrogens is 344 g/mol. The number of amides is 1. The minimum atomic E-state index is -0.352. The average molecular weight is 368 g/mol. The summed E-state index contributed by atoms with van der Waals surface area (Å²) in [6.45, 7) is 3.18. The fourth-order valence-electron chi connectivity index (χ4n) is 2.42. The normalized spacial score (nSPS) is 10.6. The van der Waals surface area contributed by atoms with E-state index >= 15 is 0 Å². The van der Waals surface area contributed by atoms with Crippen LogP contribution in [0.1, 0.15) is 24.5 Å². The van der Waals surface area contributed by atoms with Crippen molar-refractivity contribution >= 4 is 18.0 Å². The molecule has 0 bridgehead atoms. The Hall–Kier alpha value is -3.15. The number of hydrogen-bond acceptors (Lipinski definition) is 5. The van der Waals surface area contributed by atoms with Crippen molar-refractivity contribution in [2.45, 2.75) is 19.9 Å². The highest BCUT2D eigenvalue weighted by Gasteiger charge is 2.14. The van der Waals surface area contributed by atoms with Crippen molar-refractivity contribution in [3.05, 3.63) is 66.0 Å². The summed E-state index contributed by atoms with van der Waals surface area (Å²) in [5.74, 6) is 0.253. The molecule has 0 unspecified atom stereocenters. The van der Waals surface area contributed by atoms with Gasteiger partial charge in [0, 0.05) is 31.6 Å². The van der Waals surface area contributed by atoms with Gasteiger partial charge in [0.15, 0.2) is 0 Å². The van der Waals surface area contributed by atoms with E-state index in [9.17, 15) is 9.59 Å². The molecule has 6 heteroatoms. The molecule has 27 heavy (non-hydrogen) atoms. The highest BCUT2D eigenvalue weighted by atomic mass is 16.5. The third kappa shape index (κ3) is 6.93. The number of methoxy groups -OCH3 is 1. The lowest BCUT2D eigenvalue weighted by atomic mass is 10.2. The predicted molar refractivity (Wildman–Crippen MR) is 103 cm³/mol. The maximum absolute atomic E-state index is 12.6. The van der Waals surface area contributed by atoms with Gasteiger partial charge in [-0.1, -0.05) is 18.2 Å². The molecule has 1 aromatic carbocycles. The molecule has 0 spiro atoms. The Morgan fingerprint density at radius 1 is 1.19 bits per heavy atom. The molecule has 0 aliphatic heterocycles. The molecule has 2 rings (SSSR count). The molecule has 0 atom stereocenters. The number of pyridine rings is 1. The van der Waals surface area contributed by atoms with E-state index in [0.717, 1.165) is 16.9 Å².